The lowest BCUT2D eigenvalue weighted by atomic mass is 10.1. The zero-order valence-corrected chi connectivity index (χ0v) is 9.36. The molecule has 0 aliphatic rings. The van der Waals surface area contributed by atoms with Crippen LogP contribution >= 0.6 is 11.6 Å². The Morgan fingerprint density at radius 2 is 2.07 bits per heavy atom. The molecule has 0 aromatic carbocycles. The van der Waals surface area contributed by atoms with Gasteiger partial charge in [0.1, 0.15) is 5.88 Å². The summed E-state index contributed by atoms with van der Waals surface area (Å²) in [7, 11) is 0. The molecule has 3 amide bonds. The summed E-state index contributed by atoms with van der Waals surface area (Å²) < 4.78 is 0. The highest BCUT2D eigenvalue weighted by Crippen LogP contribution is 1.98. The van der Waals surface area contributed by atoms with E-state index in [9.17, 15) is 9.59 Å². The van der Waals surface area contributed by atoms with E-state index in [2.05, 4.69) is 17.6 Å². The smallest absolute Gasteiger partial charge is 0.321 e. The second-order valence-electron chi connectivity index (χ2n) is 3.20. The Morgan fingerprint density at radius 1 is 1.43 bits per heavy atom. The zero-order valence-electron chi connectivity index (χ0n) is 8.60. The van der Waals surface area contributed by atoms with Gasteiger partial charge >= 0.3 is 6.03 Å². The number of carbonyl (C=O) groups excluding carboxylic acids is 2. The van der Waals surface area contributed by atoms with E-state index >= 15 is 0 Å². The van der Waals surface area contributed by atoms with Gasteiger partial charge in [-0.3, -0.25) is 10.1 Å². The first-order valence-corrected chi connectivity index (χ1v) is 5.29. The minimum Gasteiger partial charge on any atom is -0.335 e. The Bertz CT molecular complexity index is 197. The Balaban J connectivity index is 3.65. The predicted molar refractivity (Wildman–Crippen MR) is 56.4 cm³/mol. The molecule has 5 heteroatoms. The fourth-order valence-electron chi connectivity index (χ4n) is 1.00. The molecule has 0 aliphatic carbocycles. The molecule has 0 aliphatic heterocycles. The number of imide groups is 1. The fourth-order valence-corrected chi connectivity index (χ4v) is 1.07. The second-order valence-corrected chi connectivity index (χ2v) is 3.47. The predicted octanol–water partition coefficient (Wildman–Crippen LogP) is 1.63. The lowest BCUT2D eigenvalue weighted by molar-refractivity contribution is -0.117. The Hall–Kier alpha value is -0.770. The summed E-state index contributed by atoms with van der Waals surface area (Å²) in [5, 5.41) is 4.77. The molecule has 1 unspecified atom stereocenters. The highest BCUT2D eigenvalue weighted by atomic mass is 35.5. The van der Waals surface area contributed by atoms with E-state index in [-0.39, 0.29) is 11.9 Å². The number of rotatable bonds is 5. The van der Waals surface area contributed by atoms with Crippen molar-refractivity contribution in [3.63, 3.8) is 0 Å². The highest BCUT2D eigenvalue weighted by molar-refractivity contribution is 6.28. The van der Waals surface area contributed by atoms with Crippen LogP contribution in [0.3, 0.4) is 0 Å². The average molecular weight is 221 g/mol. The molecular formula is C9H17ClN2O2. The van der Waals surface area contributed by atoms with Crippen LogP contribution in [-0.2, 0) is 4.79 Å². The standard InChI is InChI=1S/C9H17ClN2O2/c1-3-4-5-7(2)11-9(14)12-8(13)6-10/h7H,3-6H2,1-2H3,(H2,11,12,13,14). The third-order valence-electron chi connectivity index (χ3n) is 1.74. The van der Waals surface area contributed by atoms with Crippen molar-refractivity contribution < 1.29 is 9.59 Å². The summed E-state index contributed by atoms with van der Waals surface area (Å²) >= 11 is 5.22. The van der Waals surface area contributed by atoms with E-state index in [0.717, 1.165) is 19.3 Å². The highest BCUT2D eigenvalue weighted by Gasteiger charge is 2.08. The maximum atomic E-state index is 11.1. The number of hydrogen-bond donors (Lipinski definition) is 2. The van der Waals surface area contributed by atoms with Crippen LogP contribution < -0.4 is 10.6 Å². The van der Waals surface area contributed by atoms with Gasteiger partial charge < -0.3 is 5.32 Å². The number of urea groups is 1. The van der Waals surface area contributed by atoms with Crippen LogP contribution in [0.25, 0.3) is 0 Å². The van der Waals surface area contributed by atoms with Crippen molar-refractivity contribution in [2.24, 2.45) is 0 Å². The van der Waals surface area contributed by atoms with Gasteiger partial charge in [-0.15, -0.1) is 11.6 Å². The van der Waals surface area contributed by atoms with Gasteiger partial charge in [0.05, 0.1) is 0 Å². The van der Waals surface area contributed by atoms with Crippen LogP contribution in [0.2, 0.25) is 0 Å². The molecule has 0 aromatic heterocycles. The van der Waals surface area contributed by atoms with E-state index in [1.54, 1.807) is 0 Å². The number of alkyl halides is 1. The van der Waals surface area contributed by atoms with E-state index in [4.69, 9.17) is 11.6 Å². The molecule has 0 rings (SSSR count). The first-order valence-electron chi connectivity index (χ1n) is 4.76. The Kier molecular flexibility index (Phi) is 7.20. The van der Waals surface area contributed by atoms with Crippen LogP contribution in [0.4, 0.5) is 4.79 Å². The molecule has 0 aromatic rings. The Labute approximate surface area is 89.4 Å². The van der Waals surface area contributed by atoms with Crippen molar-refractivity contribution in [2.75, 3.05) is 5.88 Å². The van der Waals surface area contributed by atoms with Gasteiger partial charge in [0.15, 0.2) is 0 Å². The number of amides is 3. The molecule has 0 bridgehead atoms. The van der Waals surface area contributed by atoms with Crippen molar-refractivity contribution in [3.8, 4) is 0 Å². The molecule has 4 nitrogen and oxygen atoms in total. The van der Waals surface area contributed by atoms with Crippen molar-refractivity contribution in [3.05, 3.63) is 0 Å². The van der Waals surface area contributed by atoms with E-state index in [1.165, 1.54) is 0 Å². The second kappa shape index (κ2) is 7.62. The van der Waals surface area contributed by atoms with Crippen LogP contribution in [0.15, 0.2) is 0 Å². The molecule has 0 saturated carbocycles. The van der Waals surface area contributed by atoms with Crippen molar-refractivity contribution >= 4 is 23.5 Å². The van der Waals surface area contributed by atoms with E-state index < -0.39 is 11.9 Å². The fraction of sp³-hybridized carbons (Fsp3) is 0.778. The van der Waals surface area contributed by atoms with Crippen LogP contribution in [0.1, 0.15) is 33.1 Å². The first kappa shape index (κ1) is 13.2. The Morgan fingerprint density at radius 3 is 2.57 bits per heavy atom. The molecular weight excluding hydrogens is 204 g/mol. The van der Waals surface area contributed by atoms with Gasteiger partial charge in [0, 0.05) is 6.04 Å². The molecule has 2 N–H and O–H groups in total. The maximum absolute atomic E-state index is 11.1. The summed E-state index contributed by atoms with van der Waals surface area (Å²) in [5.41, 5.74) is 0. The van der Waals surface area contributed by atoms with Crippen molar-refractivity contribution in [2.45, 2.75) is 39.2 Å². The third kappa shape index (κ3) is 6.71. The molecule has 0 radical (unpaired) electrons. The lowest BCUT2D eigenvalue weighted by Crippen LogP contribution is -2.43. The number of hydrogen-bond acceptors (Lipinski definition) is 2. The van der Waals surface area contributed by atoms with Gasteiger partial charge in [-0.1, -0.05) is 19.8 Å². The van der Waals surface area contributed by atoms with Crippen LogP contribution in [-0.4, -0.2) is 23.9 Å². The number of unbranched alkanes of at least 4 members (excludes halogenated alkanes) is 1. The average Bonchev–Trinajstić information content (AvgIpc) is 2.14. The summed E-state index contributed by atoms with van der Waals surface area (Å²) in [6, 6.07) is -0.391. The van der Waals surface area contributed by atoms with Gasteiger partial charge in [0.25, 0.3) is 0 Å². The third-order valence-corrected chi connectivity index (χ3v) is 1.99. The van der Waals surface area contributed by atoms with Crippen LogP contribution in [0.5, 0.6) is 0 Å². The SMILES string of the molecule is CCCCC(C)NC(=O)NC(=O)CCl. The summed E-state index contributed by atoms with van der Waals surface area (Å²) in [4.78, 5) is 21.8. The summed E-state index contributed by atoms with van der Waals surface area (Å²) in [6.07, 6.45) is 3.07. The molecule has 0 saturated heterocycles. The minimum absolute atomic E-state index is 0.0816. The molecule has 14 heavy (non-hydrogen) atoms. The normalized spacial score (nSPS) is 11.9. The number of halogens is 1. The van der Waals surface area contributed by atoms with Gasteiger partial charge in [-0.05, 0) is 13.3 Å². The maximum Gasteiger partial charge on any atom is 0.321 e. The lowest BCUT2D eigenvalue weighted by Gasteiger charge is -2.12. The van der Waals surface area contributed by atoms with Crippen LogP contribution in [0, 0.1) is 0 Å². The molecule has 82 valence electrons. The summed E-state index contributed by atoms with van der Waals surface area (Å²) in [6.45, 7) is 3.99. The van der Waals surface area contributed by atoms with E-state index in [0.29, 0.717) is 0 Å². The molecule has 0 spiro atoms. The molecule has 0 heterocycles. The van der Waals surface area contributed by atoms with Crippen molar-refractivity contribution in [1.82, 2.24) is 10.6 Å². The topological polar surface area (TPSA) is 58.2 Å². The number of nitrogens with one attached hydrogen (secondary N) is 2. The molecule has 0 fully saturated rings. The first-order chi connectivity index (χ1) is 6.60. The van der Waals surface area contributed by atoms with Gasteiger partial charge in [0.2, 0.25) is 5.91 Å². The largest absolute Gasteiger partial charge is 0.335 e. The van der Waals surface area contributed by atoms with Gasteiger partial charge in [-0.2, -0.15) is 0 Å². The quantitative estimate of drug-likeness (QED) is 0.692. The monoisotopic (exact) mass is 220 g/mol. The minimum atomic E-state index is -0.480. The van der Waals surface area contributed by atoms with Crippen molar-refractivity contribution in [1.29, 1.82) is 0 Å². The number of carbonyl (C=O) groups is 2. The van der Waals surface area contributed by atoms with E-state index in [1.807, 2.05) is 6.92 Å². The zero-order chi connectivity index (χ0) is 11.0. The van der Waals surface area contributed by atoms with Gasteiger partial charge in [-0.25, -0.2) is 4.79 Å². The molecule has 1 atom stereocenters. The summed E-state index contributed by atoms with van der Waals surface area (Å²) in [5.74, 6) is -0.677.